The molecule has 0 aromatic carbocycles. The second-order valence-corrected chi connectivity index (χ2v) is 10.2. The van der Waals surface area contributed by atoms with Crippen molar-refractivity contribution < 1.29 is 13.6 Å². The second kappa shape index (κ2) is 5.75. The van der Waals surface area contributed by atoms with Gasteiger partial charge in [-0.15, -0.1) is 0 Å². The fourth-order valence-corrected chi connectivity index (χ4v) is 1.88. The average molecular weight is 234 g/mol. The molecule has 0 spiro atoms. The SMILES string of the molecule is CC(C)(C)[Si](C)(C)OC[C@@H](F)CCC=O. The summed E-state index contributed by atoms with van der Waals surface area (Å²) >= 11 is 0. The molecule has 0 saturated heterocycles. The van der Waals surface area contributed by atoms with Gasteiger partial charge in [-0.25, -0.2) is 4.39 Å². The van der Waals surface area contributed by atoms with Crippen LogP contribution in [0.25, 0.3) is 0 Å². The minimum atomic E-state index is -1.84. The number of halogens is 1. The Morgan fingerprint density at radius 2 is 1.93 bits per heavy atom. The Labute approximate surface area is 93.3 Å². The number of alkyl halides is 1. The summed E-state index contributed by atoms with van der Waals surface area (Å²) in [7, 11) is -1.84. The summed E-state index contributed by atoms with van der Waals surface area (Å²) in [6, 6.07) is 0. The molecule has 2 nitrogen and oxygen atoms in total. The second-order valence-electron chi connectivity index (χ2n) is 5.41. The van der Waals surface area contributed by atoms with Crippen molar-refractivity contribution in [3.63, 3.8) is 0 Å². The van der Waals surface area contributed by atoms with Crippen LogP contribution >= 0.6 is 0 Å². The van der Waals surface area contributed by atoms with Crippen molar-refractivity contribution in [2.45, 2.75) is 57.9 Å². The Bertz CT molecular complexity index is 199. The maximum absolute atomic E-state index is 13.2. The minimum absolute atomic E-state index is 0.109. The third kappa shape index (κ3) is 5.42. The van der Waals surface area contributed by atoms with Crippen molar-refractivity contribution in [1.29, 1.82) is 0 Å². The van der Waals surface area contributed by atoms with Crippen LogP contribution in [-0.2, 0) is 9.22 Å². The molecule has 0 saturated carbocycles. The maximum Gasteiger partial charge on any atom is 0.192 e. The molecule has 1 atom stereocenters. The largest absolute Gasteiger partial charge is 0.414 e. The lowest BCUT2D eigenvalue weighted by Crippen LogP contribution is -2.42. The molecular weight excluding hydrogens is 211 g/mol. The van der Waals surface area contributed by atoms with Gasteiger partial charge in [0.2, 0.25) is 0 Å². The number of rotatable bonds is 6. The topological polar surface area (TPSA) is 26.3 Å². The smallest absolute Gasteiger partial charge is 0.192 e. The minimum Gasteiger partial charge on any atom is -0.414 e. The first-order chi connectivity index (χ1) is 6.70. The van der Waals surface area contributed by atoms with Gasteiger partial charge in [-0.3, -0.25) is 0 Å². The van der Waals surface area contributed by atoms with Gasteiger partial charge in [0, 0.05) is 6.42 Å². The molecule has 0 N–H and O–H groups in total. The van der Waals surface area contributed by atoms with Gasteiger partial charge in [0.1, 0.15) is 12.5 Å². The summed E-state index contributed by atoms with van der Waals surface area (Å²) < 4.78 is 18.9. The molecule has 4 heteroatoms. The first-order valence-electron chi connectivity index (χ1n) is 5.42. The summed E-state index contributed by atoms with van der Waals surface area (Å²) in [5, 5.41) is 0.109. The van der Waals surface area contributed by atoms with Crippen LogP contribution in [0.2, 0.25) is 18.1 Å². The van der Waals surface area contributed by atoms with E-state index in [-0.39, 0.29) is 24.5 Å². The Balaban J connectivity index is 3.98. The molecule has 90 valence electrons. The first kappa shape index (κ1) is 14.8. The molecule has 0 radical (unpaired) electrons. The van der Waals surface area contributed by atoms with Crippen LogP contribution in [0.3, 0.4) is 0 Å². The molecule has 0 bridgehead atoms. The molecular formula is C11H23FO2Si. The average Bonchev–Trinajstić information content (AvgIpc) is 2.09. The third-order valence-corrected chi connectivity index (χ3v) is 7.53. The Kier molecular flexibility index (Phi) is 5.66. The highest BCUT2D eigenvalue weighted by atomic mass is 28.4. The van der Waals surface area contributed by atoms with Crippen molar-refractivity contribution in [3.8, 4) is 0 Å². The Morgan fingerprint density at radius 1 is 1.40 bits per heavy atom. The predicted molar refractivity (Wildman–Crippen MR) is 63.3 cm³/mol. The number of carbonyl (C=O) groups is 1. The highest BCUT2D eigenvalue weighted by Crippen LogP contribution is 2.36. The van der Waals surface area contributed by atoms with Gasteiger partial charge in [-0.2, -0.15) is 0 Å². The van der Waals surface area contributed by atoms with Crippen molar-refractivity contribution in [2.75, 3.05) is 6.61 Å². The lowest BCUT2D eigenvalue weighted by atomic mass is 10.2. The van der Waals surface area contributed by atoms with Crippen molar-refractivity contribution in [1.82, 2.24) is 0 Å². The summed E-state index contributed by atoms with van der Waals surface area (Å²) in [6.07, 6.45) is 0.295. The normalized spacial score (nSPS) is 15.1. The molecule has 0 aromatic heterocycles. The summed E-state index contributed by atoms with van der Waals surface area (Å²) in [5.41, 5.74) is 0. The molecule has 0 aromatic rings. The van der Waals surface area contributed by atoms with Gasteiger partial charge >= 0.3 is 0 Å². The Hall–Kier alpha value is -0.223. The van der Waals surface area contributed by atoms with E-state index in [2.05, 4.69) is 33.9 Å². The molecule has 0 rings (SSSR count). The van der Waals surface area contributed by atoms with Gasteiger partial charge in [-0.05, 0) is 24.6 Å². The number of carbonyl (C=O) groups excluding carboxylic acids is 1. The molecule has 0 fully saturated rings. The zero-order valence-corrected chi connectivity index (χ0v) is 11.5. The first-order valence-corrected chi connectivity index (χ1v) is 8.33. The van der Waals surface area contributed by atoms with Crippen molar-refractivity contribution in [2.24, 2.45) is 0 Å². The summed E-state index contributed by atoms with van der Waals surface area (Å²) in [5.74, 6) is 0. The van der Waals surface area contributed by atoms with Crippen molar-refractivity contribution >= 4 is 14.6 Å². The van der Waals surface area contributed by atoms with Crippen LogP contribution in [0.5, 0.6) is 0 Å². The zero-order valence-electron chi connectivity index (χ0n) is 10.5. The number of hydrogen-bond acceptors (Lipinski definition) is 2. The van der Waals surface area contributed by atoms with E-state index in [0.29, 0.717) is 0 Å². The van der Waals surface area contributed by atoms with Gasteiger partial charge in [0.15, 0.2) is 8.32 Å². The summed E-state index contributed by atoms with van der Waals surface area (Å²) in [4.78, 5) is 10.1. The predicted octanol–water partition coefficient (Wildman–Crippen LogP) is 3.33. The highest BCUT2D eigenvalue weighted by molar-refractivity contribution is 6.74. The quantitative estimate of drug-likeness (QED) is 0.520. The van der Waals surface area contributed by atoms with E-state index in [1.807, 2.05) is 0 Å². The molecule has 15 heavy (non-hydrogen) atoms. The molecule has 0 aliphatic heterocycles. The van der Waals surface area contributed by atoms with Gasteiger partial charge in [0.05, 0.1) is 6.61 Å². The van der Waals surface area contributed by atoms with E-state index in [4.69, 9.17) is 4.43 Å². The van der Waals surface area contributed by atoms with Gasteiger partial charge in [0.25, 0.3) is 0 Å². The number of hydrogen-bond donors (Lipinski definition) is 0. The van der Waals surface area contributed by atoms with Crippen LogP contribution in [0.1, 0.15) is 33.6 Å². The zero-order chi connectivity index (χ0) is 12.1. The fraction of sp³-hybridized carbons (Fsp3) is 0.909. The summed E-state index contributed by atoms with van der Waals surface area (Å²) in [6.45, 7) is 10.7. The van der Waals surface area contributed by atoms with Crippen LogP contribution in [0.15, 0.2) is 0 Å². The van der Waals surface area contributed by atoms with E-state index in [9.17, 15) is 9.18 Å². The van der Waals surface area contributed by atoms with E-state index in [1.165, 1.54) is 0 Å². The van der Waals surface area contributed by atoms with Gasteiger partial charge < -0.3 is 9.22 Å². The van der Waals surface area contributed by atoms with Crippen LogP contribution < -0.4 is 0 Å². The molecule has 0 heterocycles. The van der Waals surface area contributed by atoms with E-state index >= 15 is 0 Å². The van der Waals surface area contributed by atoms with E-state index in [0.717, 1.165) is 6.29 Å². The van der Waals surface area contributed by atoms with E-state index < -0.39 is 14.5 Å². The standard InChI is InChI=1S/C11H23FO2Si/c1-11(2,3)15(4,5)14-9-10(12)7-6-8-13/h8,10H,6-7,9H2,1-5H3/t10-/m0/s1. The molecule has 0 aliphatic carbocycles. The highest BCUT2D eigenvalue weighted by Gasteiger charge is 2.37. The van der Waals surface area contributed by atoms with E-state index in [1.54, 1.807) is 0 Å². The van der Waals surface area contributed by atoms with Crippen LogP contribution in [-0.4, -0.2) is 27.4 Å². The van der Waals surface area contributed by atoms with Crippen LogP contribution in [0.4, 0.5) is 4.39 Å². The lowest BCUT2D eigenvalue weighted by Gasteiger charge is -2.36. The van der Waals surface area contributed by atoms with Gasteiger partial charge in [-0.1, -0.05) is 20.8 Å². The Morgan fingerprint density at radius 3 is 2.33 bits per heavy atom. The third-order valence-electron chi connectivity index (χ3n) is 3.03. The molecule has 0 amide bonds. The maximum atomic E-state index is 13.2. The van der Waals surface area contributed by atoms with Crippen molar-refractivity contribution in [3.05, 3.63) is 0 Å². The lowest BCUT2D eigenvalue weighted by molar-refractivity contribution is -0.108. The monoisotopic (exact) mass is 234 g/mol. The number of aldehydes is 1. The molecule has 0 unspecified atom stereocenters. The molecule has 0 aliphatic rings. The fourth-order valence-electron chi connectivity index (χ4n) is 0.847. The van der Waals surface area contributed by atoms with Crippen LogP contribution in [0, 0.1) is 0 Å².